The Morgan fingerprint density at radius 1 is 1.38 bits per heavy atom. The second-order valence-corrected chi connectivity index (χ2v) is 10.3. The molecule has 1 aromatic heterocycles. The maximum Gasteiger partial charge on any atom is 0.276 e. The third-order valence-corrected chi connectivity index (χ3v) is 7.14. The van der Waals surface area contributed by atoms with E-state index in [0.717, 1.165) is 25.4 Å². The summed E-state index contributed by atoms with van der Waals surface area (Å²) in [5.74, 6) is 2.12. The third kappa shape index (κ3) is 4.93. The molecule has 2 fully saturated rings. The lowest BCUT2D eigenvalue weighted by Crippen LogP contribution is -3.15. The molecule has 24 heavy (non-hydrogen) atoms. The summed E-state index contributed by atoms with van der Waals surface area (Å²) < 4.78 is 34.6. The number of nitrogens with one attached hydrogen (secondary N) is 1. The van der Waals surface area contributed by atoms with Crippen LogP contribution < -0.4 is 4.90 Å². The van der Waals surface area contributed by atoms with Gasteiger partial charge in [0.1, 0.15) is 19.2 Å². The largest absolute Gasteiger partial charge is 0.416 e. The molecule has 0 spiro atoms. The van der Waals surface area contributed by atoms with Crippen LogP contribution in [0.15, 0.2) is 9.64 Å². The highest BCUT2D eigenvalue weighted by atomic mass is 32.2. The first kappa shape index (κ1) is 18.2. The van der Waals surface area contributed by atoms with E-state index in [4.69, 9.17) is 9.15 Å². The molecule has 3 atom stereocenters. The van der Waals surface area contributed by atoms with Crippen LogP contribution >= 0.6 is 11.8 Å². The average molecular weight is 377 g/mol. The second kappa shape index (κ2) is 7.72. The molecule has 0 saturated carbocycles. The lowest BCUT2D eigenvalue weighted by atomic mass is 10.1. The van der Waals surface area contributed by atoms with Gasteiger partial charge in [0.2, 0.25) is 5.89 Å². The maximum absolute atomic E-state index is 11.5. The van der Waals surface area contributed by atoms with Crippen molar-refractivity contribution in [2.45, 2.75) is 37.5 Å². The summed E-state index contributed by atoms with van der Waals surface area (Å²) in [4.78, 5) is 1.59. The van der Waals surface area contributed by atoms with E-state index in [1.807, 2.05) is 0 Å². The first-order valence-electron chi connectivity index (χ1n) is 8.53. The molecule has 2 saturated heterocycles. The zero-order chi connectivity index (χ0) is 17.2. The minimum atomic E-state index is -2.94. The van der Waals surface area contributed by atoms with E-state index in [1.54, 1.807) is 4.90 Å². The van der Waals surface area contributed by atoms with Crippen LogP contribution in [-0.2, 0) is 14.6 Å². The fraction of sp³-hybridized carbons (Fsp3) is 0.867. The smallest absolute Gasteiger partial charge is 0.276 e. The SMILES string of the molecule is CC(C)C[NH+]1CCO[C@H](CSc2nnc([C@@H]3CCS(=O)(=O)C3)o2)C1. The van der Waals surface area contributed by atoms with Crippen molar-refractivity contribution in [1.29, 1.82) is 0 Å². The van der Waals surface area contributed by atoms with Gasteiger partial charge in [-0.1, -0.05) is 25.6 Å². The molecule has 9 heteroatoms. The maximum atomic E-state index is 11.5. The van der Waals surface area contributed by atoms with Crippen LogP contribution in [0.5, 0.6) is 0 Å². The van der Waals surface area contributed by atoms with E-state index >= 15 is 0 Å². The minimum Gasteiger partial charge on any atom is -0.416 e. The fourth-order valence-corrected chi connectivity index (χ4v) is 5.84. The van der Waals surface area contributed by atoms with Gasteiger partial charge in [0.05, 0.1) is 30.6 Å². The van der Waals surface area contributed by atoms with Gasteiger partial charge >= 0.3 is 0 Å². The predicted octanol–water partition coefficient (Wildman–Crippen LogP) is 0.00350. The van der Waals surface area contributed by atoms with Gasteiger partial charge in [-0.2, -0.15) is 0 Å². The van der Waals surface area contributed by atoms with E-state index in [9.17, 15) is 8.42 Å². The van der Waals surface area contributed by atoms with Gasteiger partial charge in [0.25, 0.3) is 5.22 Å². The number of hydrogen-bond acceptors (Lipinski definition) is 7. The van der Waals surface area contributed by atoms with Crippen molar-refractivity contribution in [3.05, 3.63) is 5.89 Å². The van der Waals surface area contributed by atoms with Crippen molar-refractivity contribution < 1.29 is 22.5 Å². The van der Waals surface area contributed by atoms with Gasteiger partial charge in [-0.15, -0.1) is 10.2 Å². The molecule has 3 rings (SSSR count). The summed E-state index contributed by atoms with van der Waals surface area (Å²) in [6.45, 7) is 8.53. The van der Waals surface area contributed by atoms with Crippen molar-refractivity contribution in [3.63, 3.8) is 0 Å². The Kier molecular flexibility index (Phi) is 5.84. The Bertz CT molecular complexity index is 647. The number of sulfone groups is 1. The van der Waals surface area contributed by atoms with Crippen LogP contribution in [0.2, 0.25) is 0 Å². The summed E-state index contributed by atoms with van der Waals surface area (Å²) in [5, 5.41) is 8.59. The van der Waals surface area contributed by atoms with Gasteiger partial charge in [-0.25, -0.2) is 8.42 Å². The molecule has 7 nitrogen and oxygen atoms in total. The van der Waals surface area contributed by atoms with E-state index in [0.29, 0.717) is 23.5 Å². The monoisotopic (exact) mass is 376 g/mol. The Balaban J connectivity index is 1.49. The van der Waals surface area contributed by atoms with Gasteiger partial charge in [0, 0.05) is 11.7 Å². The van der Waals surface area contributed by atoms with Gasteiger partial charge < -0.3 is 14.1 Å². The summed E-state index contributed by atoms with van der Waals surface area (Å²) in [7, 11) is -2.94. The van der Waals surface area contributed by atoms with Gasteiger partial charge in [0.15, 0.2) is 9.84 Å². The predicted molar refractivity (Wildman–Crippen MR) is 91.2 cm³/mol. The molecule has 1 unspecified atom stereocenters. The summed E-state index contributed by atoms with van der Waals surface area (Å²) in [6.07, 6.45) is 0.771. The third-order valence-electron chi connectivity index (χ3n) is 4.42. The molecule has 0 amide bonds. The lowest BCUT2D eigenvalue weighted by Gasteiger charge is -2.30. The van der Waals surface area contributed by atoms with E-state index in [2.05, 4.69) is 24.0 Å². The Morgan fingerprint density at radius 2 is 2.21 bits per heavy atom. The van der Waals surface area contributed by atoms with E-state index in [1.165, 1.54) is 18.3 Å². The molecule has 0 aromatic carbocycles. The molecule has 1 aromatic rings. The second-order valence-electron chi connectivity index (χ2n) is 7.11. The molecule has 2 aliphatic rings. The molecule has 3 heterocycles. The molecular formula is C15H26N3O4S2+. The van der Waals surface area contributed by atoms with Crippen molar-refractivity contribution >= 4 is 21.6 Å². The lowest BCUT2D eigenvalue weighted by molar-refractivity contribution is -0.914. The Hall–Kier alpha value is -0.640. The number of morpholine rings is 1. The number of aromatic nitrogens is 2. The van der Waals surface area contributed by atoms with Gasteiger partial charge in [-0.3, -0.25) is 0 Å². The molecule has 1 N–H and O–H groups in total. The first-order valence-corrected chi connectivity index (χ1v) is 11.3. The summed E-state index contributed by atoms with van der Waals surface area (Å²) >= 11 is 1.50. The standard InChI is InChI=1S/C15H25N3O4S2/c1-11(2)7-18-4-5-21-13(8-18)9-23-15-17-16-14(22-15)12-3-6-24(19,20)10-12/h11-13H,3-10H2,1-2H3/p+1/t12-,13+/m1/s1. The summed E-state index contributed by atoms with van der Waals surface area (Å²) in [5.41, 5.74) is 0. The molecule has 0 bridgehead atoms. The Morgan fingerprint density at radius 3 is 2.92 bits per heavy atom. The van der Waals surface area contributed by atoms with E-state index < -0.39 is 9.84 Å². The number of nitrogens with zero attached hydrogens (tertiary/aromatic N) is 2. The van der Waals surface area contributed by atoms with Crippen LogP contribution in [0.4, 0.5) is 0 Å². The van der Waals surface area contributed by atoms with Crippen molar-refractivity contribution in [1.82, 2.24) is 10.2 Å². The molecule has 0 radical (unpaired) electrons. The average Bonchev–Trinajstić information content (AvgIpc) is 3.11. The minimum absolute atomic E-state index is 0.124. The summed E-state index contributed by atoms with van der Waals surface area (Å²) in [6, 6.07) is 0. The number of quaternary nitrogens is 1. The van der Waals surface area contributed by atoms with Crippen LogP contribution in [-0.4, -0.2) is 68.2 Å². The zero-order valence-corrected chi connectivity index (χ0v) is 15.9. The van der Waals surface area contributed by atoms with Crippen LogP contribution in [0.3, 0.4) is 0 Å². The molecular weight excluding hydrogens is 350 g/mol. The molecule has 2 aliphatic heterocycles. The number of ether oxygens (including phenoxy) is 1. The zero-order valence-electron chi connectivity index (χ0n) is 14.2. The van der Waals surface area contributed by atoms with Crippen LogP contribution in [0.1, 0.15) is 32.1 Å². The Labute approximate surface area is 147 Å². The van der Waals surface area contributed by atoms with E-state index in [-0.39, 0.29) is 23.5 Å². The fourth-order valence-electron chi connectivity index (χ4n) is 3.32. The highest BCUT2D eigenvalue weighted by Gasteiger charge is 2.33. The highest BCUT2D eigenvalue weighted by Crippen LogP contribution is 2.29. The van der Waals surface area contributed by atoms with Crippen molar-refractivity contribution in [2.75, 3.05) is 43.5 Å². The van der Waals surface area contributed by atoms with Gasteiger partial charge in [-0.05, 0) is 6.42 Å². The molecule has 136 valence electrons. The van der Waals surface area contributed by atoms with Crippen LogP contribution in [0, 0.1) is 5.92 Å². The van der Waals surface area contributed by atoms with Crippen LogP contribution in [0.25, 0.3) is 0 Å². The number of hydrogen-bond donors (Lipinski definition) is 1. The topological polar surface area (TPSA) is 86.7 Å². The van der Waals surface area contributed by atoms with Crippen molar-refractivity contribution in [3.8, 4) is 0 Å². The number of thioether (sulfide) groups is 1. The van der Waals surface area contributed by atoms with Crippen molar-refractivity contribution in [2.24, 2.45) is 5.92 Å². The first-order chi connectivity index (χ1) is 11.4. The number of rotatable bonds is 6. The molecule has 0 aliphatic carbocycles. The normalized spacial score (nSPS) is 30.0. The quantitative estimate of drug-likeness (QED) is 0.700. The highest BCUT2D eigenvalue weighted by molar-refractivity contribution is 7.99.